The van der Waals surface area contributed by atoms with E-state index < -0.39 is 12.3 Å². The van der Waals surface area contributed by atoms with Crippen molar-refractivity contribution in [3.8, 4) is 28.4 Å². The van der Waals surface area contributed by atoms with Crippen molar-refractivity contribution in [3.63, 3.8) is 0 Å². The highest BCUT2D eigenvalue weighted by atomic mass is 35.5. The summed E-state index contributed by atoms with van der Waals surface area (Å²) < 4.78 is 26.1. The van der Waals surface area contributed by atoms with Gasteiger partial charge < -0.3 is 29.9 Å². The highest BCUT2D eigenvalue weighted by Crippen LogP contribution is 2.36. The first kappa shape index (κ1) is 27.3. The second-order valence-electron chi connectivity index (χ2n) is 9.55. The lowest BCUT2D eigenvalue weighted by Crippen LogP contribution is -2.46. The van der Waals surface area contributed by atoms with Crippen molar-refractivity contribution >= 4 is 17.4 Å². The zero-order valence-corrected chi connectivity index (χ0v) is 22.6. The van der Waals surface area contributed by atoms with E-state index in [9.17, 15) is 9.50 Å². The zero-order chi connectivity index (χ0) is 26.7. The fourth-order valence-electron chi connectivity index (χ4n) is 4.49. The number of benzene rings is 1. The largest absolute Gasteiger partial charge is 0.491 e. The number of ether oxygens (including phenoxy) is 1. The molecule has 0 spiro atoms. The molecule has 1 saturated heterocycles. The third-order valence-corrected chi connectivity index (χ3v) is 6.87. The van der Waals surface area contributed by atoms with E-state index in [1.807, 2.05) is 32.7 Å². The van der Waals surface area contributed by atoms with Gasteiger partial charge in [-0.25, -0.2) is 14.4 Å². The standard InChI is InChI=1S/C26H34ClFN6O3/c1-14-24(23-15(2)33-37-16(23)3)31-26(32-25(14)30-22-8-9-34(5)12-21(22)28)19-10-18(6-7-20(19)27)36-13-17(35)11-29-4/h6-7,10,17,21-22,29,35H,8-9,11-13H2,1-5H3,(H,30,31,32)/t17-,21-,22+/m1/s1. The Morgan fingerprint density at radius 1 is 1.30 bits per heavy atom. The number of anilines is 1. The number of nitrogens with zero attached hydrogens (tertiary/aromatic N) is 4. The molecule has 3 aromatic rings. The van der Waals surface area contributed by atoms with Crippen LogP contribution in [0.5, 0.6) is 5.75 Å². The first-order valence-corrected chi connectivity index (χ1v) is 12.7. The van der Waals surface area contributed by atoms with Gasteiger partial charge in [-0.05, 0) is 59.5 Å². The lowest BCUT2D eigenvalue weighted by Gasteiger charge is -2.33. The number of aliphatic hydroxyl groups is 1. The number of likely N-dealkylation sites (N-methyl/N-ethyl adjacent to an activating group) is 1. The molecule has 1 aromatic carbocycles. The average Bonchev–Trinajstić information content (AvgIpc) is 3.19. The van der Waals surface area contributed by atoms with Crippen LogP contribution in [0.15, 0.2) is 22.7 Å². The lowest BCUT2D eigenvalue weighted by molar-refractivity contribution is 0.108. The minimum atomic E-state index is -1.04. The van der Waals surface area contributed by atoms with E-state index in [4.69, 9.17) is 30.8 Å². The molecule has 3 atom stereocenters. The zero-order valence-electron chi connectivity index (χ0n) is 21.8. The second-order valence-corrected chi connectivity index (χ2v) is 9.96. The summed E-state index contributed by atoms with van der Waals surface area (Å²) in [7, 11) is 3.68. The number of hydrogen-bond donors (Lipinski definition) is 3. The summed E-state index contributed by atoms with van der Waals surface area (Å²) >= 11 is 6.59. The molecule has 1 fully saturated rings. The molecule has 200 valence electrons. The van der Waals surface area contributed by atoms with Gasteiger partial charge in [0, 0.05) is 30.8 Å². The van der Waals surface area contributed by atoms with Gasteiger partial charge in [-0.15, -0.1) is 0 Å². The van der Waals surface area contributed by atoms with E-state index in [1.165, 1.54) is 0 Å². The molecular weight excluding hydrogens is 499 g/mol. The number of hydrogen-bond acceptors (Lipinski definition) is 9. The van der Waals surface area contributed by atoms with Crippen LogP contribution >= 0.6 is 11.6 Å². The predicted octanol–water partition coefficient (Wildman–Crippen LogP) is 3.79. The normalized spacial score (nSPS) is 19.1. The van der Waals surface area contributed by atoms with E-state index >= 15 is 0 Å². The van der Waals surface area contributed by atoms with Crippen molar-refractivity contribution < 1.29 is 18.8 Å². The Morgan fingerprint density at radius 3 is 2.76 bits per heavy atom. The molecule has 0 unspecified atom stereocenters. The molecule has 0 aliphatic carbocycles. The molecule has 3 heterocycles. The first-order valence-electron chi connectivity index (χ1n) is 12.3. The van der Waals surface area contributed by atoms with E-state index in [0.717, 1.165) is 17.7 Å². The summed E-state index contributed by atoms with van der Waals surface area (Å²) in [6.45, 7) is 7.25. The van der Waals surface area contributed by atoms with Gasteiger partial charge >= 0.3 is 0 Å². The highest BCUT2D eigenvalue weighted by molar-refractivity contribution is 6.33. The molecular formula is C26H34ClFN6O3. The van der Waals surface area contributed by atoms with Crippen molar-refractivity contribution in [1.29, 1.82) is 0 Å². The molecule has 1 aliphatic rings. The summed E-state index contributed by atoms with van der Waals surface area (Å²) in [5.74, 6) is 2.04. The van der Waals surface area contributed by atoms with E-state index in [0.29, 0.717) is 64.6 Å². The predicted molar refractivity (Wildman–Crippen MR) is 142 cm³/mol. The molecule has 11 heteroatoms. The monoisotopic (exact) mass is 532 g/mol. The van der Waals surface area contributed by atoms with Crippen LogP contribution in [-0.2, 0) is 0 Å². The Balaban J connectivity index is 1.76. The summed E-state index contributed by atoms with van der Waals surface area (Å²) in [6, 6.07) is 4.80. The van der Waals surface area contributed by atoms with Crippen LogP contribution in [-0.4, -0.2) is 83.8 Å². The third kappa shape index (κ3) is 6.20. The highest BCUT2D eigenvalue weighted by Gasteiger charge is 2.29. The molecule has 37 heavy (non-hydrogen) atoms. The van der Waals surface area contributed by atoms with Crippen LogP contribution in [0, 0.1) is 20.8 Å². The Bertz CT molecular complexity index is 1220. The van der Waals surface area contributed by atoms with Gasteiger partial charge in [0.25, 0.3) is 0 Å². The van der Waals surface area contributed by atoms with Crippen LogP contribution in [0.4, 0.5) is 10.2 Å². The summed E-state index contributed by atoms with van der Waals surface area (Å²) in [5, 5.41) is 20.8. The molecule has 2 aromatic heterocycles. The number of nitrogens with one attached hydrogen (secondary N) is 2. The molecule has 0 bridgehead atoms. The van der Waals surface area contributed by atoms with Crippen LogP contribution in [0.2, 0.25) is 5.02 Å². The van der Waals surface area contributed by atoms with Gasteiger partial charge in [-0.2, -0.15) is 0 Å². The van der Waals surface area contributed by atoms with Crippen LogP contribution in [0.3, 0.4) is 0 Å². The Hall–Kier alpha value is -2.79. The number of aromatic nitrogens is 3. The van der Waals surface area contributed by atoms with Gasteiger partial charge in [0.2, 0.25) is 0 Å². The van der Waals surface area contributed by atoms with Crippen LogP contribution < -0.4 is 15.4 Å². The molecule has 0 saturated carbocycles. The second kappa shape index (κ2) is 11.7. The quantitative estimate of drug-likeness (QED) is 0.379. The third-order valence-electron chi connectivity index (χ3n) is 6.54. The molecule has 4 rings (SSSR count). The number of aryl methyl sites for hydroxylation is 2. The average molecular weight is 533 g/mol. The topological polar surface area (TPSA) is 109 Å². The summed E-state index contributed by atoms with van der Waals surface area (Å²) in [4.78, 5) is 11.6. The van der Waals surface area contributed by atoms with Crippen LogP contribution in [0.25, 0.3) is 22.6 Å². The van der Waals surface area contributed by atoms with E-state index in [1.54, 1.807) is 25.2 Å². The van der Waals surface area contributed by atoms with E-state index in [-0.39, 0.29) is 12.6 Å². The summed E-state index contributed by atoms with van der Waals surface area (Å²) in [5.41, 5.74) is 3.42. The number of likely N-dealkylation sites (tertiary alicyclic amines) is 1. The maximum absolute atomic E-state index is 14.9. The number of piperidine rings is 1. The Labute approximate surface area is 221 Å². The van der Waals surface area contributed by atoms with Crippen molar-refractivity contribution in [2.24, 2.45) is 0 Å². The maximum atomic E-state index is 14.9. The van der Waals surface area contributed by atoms with Gasteiger partial charge in [-0.1, -0.05) is 16.8 Å². The van der Waals surface area contributed by atoms with Gasteiger partial charge in [0.05, 0.1) is 28.0 Å². The minimum absolute atomic E-state index is 0.113. The fourth-order valence-corrected chi connectivity index (χ4v) is 4.69. The molecule has 9 nitrogen and oxygen atoms in total. The number of rotatable bonds is 9. The van der Waals surface area contributed by atoms with Crippen molar-refractivity contribution in [1.82, 2.24) is 25.3 Å². The SMILES string of the molecule is CNC[C@@H](O)COc1ccc(Cl)c(-c2nc(N[C@H]3CCN(C)C[C@H]3F)c(C)c(-c3c(C)noc3C)n2)c1. The van der Waals surface area contributed by atoms with Gasteiger partial charge in [0.15, 0.2) is 5.82 Å². The summed E-state index contributed by atoms with van der Waals surface area (Å²) in [6.07, 6.45) is -1.05. The number of alkyl halides is 1. The number of halogens is 2. The molecule has 0 amide bonds. The fraction of sp³-hybridized carbons (Fsp3) is 0.500. The first-order chi connectivity index (χ1) is 17.7. The minimum Gasteiger partial charge on any atom is -0.491 e. The Morgan fingerprint density at radius 2 is 2.08 bits per heavy atom. The van der Waals surface area contributed by atoms with Crippen LogP contribution in [0.1, 0.15) is 23.4 Å². The molecule has 1 aliphatic heterocycles. The molecule has 0 radical (unpaired) electrons. The van der Waals surface area contributed by atoms with E-state index in [2.05, 4.69) is 15.8 Å². The van der Waals surface area contributed by atoms with Gasteiger partial charge in [-0.3, -0.25) is 0 Å². The lowest BCUT2D eigenvalue weighted by atomic mass is 10.0. The Kier molecular flexibility index (Phi) is 8.63. The smallest absolute Gasteiger partial charge is 0.163 e. The van der Waals surface area contributed by atoms with Gasteiger partial charge in [0.1, 0.15) is 36.2 Å². The van der Waals surface area contributed by atoms with Crippen molar-refractivity contribution in [3.05, 3.63) is 40.2 Å². The van der Waals surface area contributed by atoms with Crippen molar-refractivity contribution in [2.45, 2.75) is 45.5 Å². The maximum Gasteiger partial charge on any atom is 0.163 e. The molecule has 3 N–H and O–H groups in total. The number of aliphatic hydroxyl groups excluding tert-OH is 1. The van der Waals surface area contributed by atoms with Crippen molar-refractivity contribution in [2.75, 3.05) is 45.7 Å².